The second-order valence-electron chi connectivity index (χ2n) is 4.58. The number of fused-ring (bicyclic) bond motifs is 1. The molecule has 21 heavy (non-hydrogen) atoms. The van der Waals surface area contributed by atoms with E-state index in [9.17, 15) is 0 Å². The molecule has 0 aliphatic carbocycles. The van der Waals surface area contributed by atoms with Crippen LogP contribution in [-0.2, 0) is 6.54 Å². The molecule has 0 radical (unpaired) electrons. The molecule has 2 heterocycles. The van der Waals surface area contributed by atoms with Gasteiger partial charge in [0, 0.05) is 18.2 Å². The molecule has 3 rings (SSSR count). The maximum absolute atomic E-state index is 5.48. The minimum atomic E-state index is 0.271. The van der Waals surface area contributed by atoms with Crippen LogP contribution in [0, 0.1) is 6.92 Å². The molecule has 1 N–H and O–H groups in total. The lowest BCUT2D eigenvalue weighted by molar-refractivity contribution is 0.173. The number of benzene rings is 1. The van der Waals surface area contributed by atoms with Crippen LogP contribution >= 0.6 is 0 Å². The fourth-order valence-electron chi connectivity index (χ4n) is 2.17. The van der Waals surface area contributed by atoms with Gasteiger partial charge in [-0.3, -0.25) is 0 Å². The second kappa shape index (κ2) is 5.87. The molecule has 0 fully saturated rings. The van der Waals surface area contributed by atoms with Gasteiger partial charge in [0.2, 0.25) is 12.7 Å². The number of hydrogen-bond donors (Lipinski definition) is 1. The smallest absolute Gasteiger partial charge is 0.231 e. The average molecular weight is 287 g/mol. The number of para-hydroxylation sites is 1. The summed E-state index contributed by atoms with van der Waals surface area (Å²) in [5.41, 5.74) is 1.03. The van der Waals surface area contributed by atoms with Crippen LogP contribution in [0.2, 0.25) is 0 Å². The van der Waals surface area contributed by atoms with Crippen molar-refractivity contribution in [1.82, 2.24) is 9.97 Å². The molecule has 110 valence electrons. The second-order valence-corrected chi connectivity index (χ2v) is 4.58. The Morgan fingerprint density at radius 2 is 2.19 bits per heavy atom. The maximum Gasteiger partial charge on any atom is 0.231 e. The molecule has 1 aromatic heterocycles. The van der Waals surface area contributed by atoms with Crippen LogP contribution in [0.3, 0.4) is 0 Å². The van der Waals surface area contributed by atoms with Gasteiger partial charge in [-0.1, -0.05) is 12.1 Å². The molecule has 0 atom stereocenters. The fraction of sp³-hybridized carbons (Fsp3) is 0.333. The summed E-state index contributed by atoms with van der Waals surface area (Å²) in [6.07, 6.45) is 0. The fourth-order valence-corrected chi connectivity index (χ4v) is 2.17. The zero-order chi connectivity index (χ0) is 14.7. The molecule has 0 amide bonds. The molecule has 2 aromatic rings. The third-order valence-electron chi connectivity index (χ3n) is 3.04. The minimum absolute atomic E-state index is 0.271. The highest BCUT2D eigenvalue weighted by Gasteiger charge is 2.16. The number of anilines is 1. The van der Waals surface area contributed by atoms with E-state index in [-0.39, 0.29) is 6.79 Å². The minimum Gasteiger partial charge on any atom is -0.478 e. The van der Waals surface area contributed by atoms with Crippen molar-refractivity contribution in [2.75, 3.05) is 18.7 Å². The van der Waals surface area contributed by atoms with Crippen LogP contribution in [0.25, 0.3) is 0 Å². The van der Waals surface area contributed by atoms with Crippen LogP contribution in [0.5, 0.6) is 17.4 Å². The van der Waals surface area contributed by atoms with Gasteiger partial charge in [-0.25, -0.2) is 4.98 Å². The van der Waals surface area contributed by atoms with Crippen LogP contribution in [0.4, 0.5) is 5.82 Å². The largest absolute Gasteiger partial charge is 0.478 e. The summed E-state index contributed by atoms with van der Waals surface area (Å²) < 4.78 is 16.3. The lowest BCUT2D eigenvalue weighted by Gasteiger charge is -2.10. The Balaban J connectivity index is 1.75. The first-order valence-corrected chi connectivity index (χ1v) is 6.86. The first-order valence-electron chi connectivity index (χ1n) is 6.86. The first kappa shape index (κ1) is 13.5. The molecule has 6 heteroatoms. The molecule has 0 spiro atoms. The zero-order valence-corrected chi connectivity index (χ0v) is 12.0. The predicted molar refractivity (Wildman–Crippen MR) is 77.8 cm³/mol. The first-order chi connectivity index (χ1) is 10.3. The lowest BCUT2D eigenvalue weighted by Crippen LogP contribution is -2.05. The molecule has 0 saturated heterocycles. The monoisotopic (exact) mass is 287 g/mol. The van der Waals surface area contributed by atoms with Gasteiger partial charge in [-0.15, -0.1) is 0 Å². The van der Waals surface area contributed by atoms with Crippen molar-refractivity contribution < 1.29 is 14.2 Å². The molecule has 1 aliphatic heterocycles. The van der Waals surface area contributed by atoms with E-state index < -0.39 is 0 Å². The summed E-state index contributed by atoms with van der Waals surface area (Å²) >= 11 is 0. The molecule has 0 saturated carbocycles. The Bertz CT molecular complexity index is 646. The van der Waals surface area contributed by atoms with Crippen LogP contribution in [0.15, 0.2) is 24.3 Å². The van der Waals surface area contributed by atoms with Crippen molar-refractivity contribution in [2.24, 2.45) is 0 Å². The highest BCUT2D eigenvalue weighted by Crippen LogP contribution is 2.35. The van der Waals surface area contributed by atoms with Crippen molar-refractivity contribution >= 4 is 5.82 Å². The van der Waals surface area contributed by atoms with Crippen molar-refractivity contribution in [2.45, 2.75) is 20.4 Å². The number of aromatic nitrogens is 2. The van der Waals surface area contributed by atoms with E-state index in [1.54, 1.807) is 6.07 Å². The van der Waals surface area contributed by atoms with Gasteiger partial charge in [0.05, 0.1) is 6.61 Å². The van der Waals surface area contributed by atoms with Gasteiger partial charge in [-0.05, 0) is 19.9 Å². The zero-order valence-electron chi connectivity index (χ0n) is 12.0. The van der Waals surface area contributed by atoms with Crippen molar-refractivity contribution in [3.8, 4) is 17.4 Å². The van der Waals surface area contributed by atoms with Crippen LogP contribution in [-0.4, -0.2) is 23.4 Å². The number of aryl methyl sites for hydroxylation is 1. The van der Waals surface area contributed by atoms with E-state index in [1.165, 1.54) is 0 Å². The predicted octanol–water partition coefficient (Wildman–Crippen LogP) is 2.52. The normalized spacial score (nSPS) is 12.3. The number of nitrogens with one attached hydrogen (secondary N) is 1. The van der Waals surface area contributed by atoms with E-state index in [0.29, 0.717) is 24.9 Å². The lowest BCUT2D eigenvalue weighted by atomic mass is 10.2. The maximum atomic E-state index is 5.48. The summed E-state index contributed by atoms with van der Waals surface area (Å²) in [7, 11) is 0. The standard InChI is InChI=1S/C15H17N3O3/c1-3-19-14-7-13(17-10(2)18-14)16-8-11-5-4-6-12-15(11)21-9-20-12/h4-7H,3,8-9H2,1-2H3,(H,16,17,18). The Labute approximate surface area is 123 Å². The van der Waals surface area contributed by atoms with E-state index in [1.807, 2.05) is 32.0 Å². The van der Waals surface area contributed by atoms with Crippen molar-refractivity contribution in [3.05, 3.63) is 35.7 Å². The topological polar surface area (TPSA) is 65.5 Å². The van der Waals surface area contributed by atoms with Crippen molar-refractivity contribution in [3.63, 3.8) is 0 Å². The Morgan fingerprint density at radius 1 is 1.29 bits per heavy atom. The van der Waals surface area contributed by atoms with Crippen LogP contribution < -0.4 is 19.5 Å². The summed E-state index contributed by atoms with van der Waals surface area (Å²) in [6.45, 7) is 5.20. The van der Waals surface area contributed by atoms with Gasteiger partial charge in [0.25, 0.3) is 0 Å². The summed E-state index contributed by atoms with van der Waals surface area (Å²) in [5, 5.41) is 3.26. The Kier molecular flexibility index (Phi) is 3.77. The molecular formula is C15H17N3O3. The summed E-state index contributed by atoms with van der Waals surface area (Å²) in [4.78, 5) is 8.57. The number of ether oxygens (including phenoxy) is 3. The van der Waals surface area contributed by atoms with E-state index in [2.05, 4.69) is 15.3 Å². The highest BCUT2D eigenvalue weighted by molar-refractivity contribution is 5.50. The molecule has 0 unspecified atom stereocenters. The third-order valence-corrected chi connectivity index (χ3v) is 3.04. The molecule has 1 aromatic carbocycles. The molecular weight excluding hydrogens is 270 g/mol. The Hall–Kier alpha value is -2.50. The van der Waals surface area contributed by atoms with Crippen molar-refractivity contribution in [1.29, 1.82) is 0 Å². The summed E-state index contributed by atoms with van der Waals surface area (Å²) in [6, 6.07) is 7.63. The SMILES string of the molecule is CCOc1cc(NCc2cccc3c2OCO3)nc(C)n1. The summed E-state index contributed by atoms with van der Waals surface area (Å²) in [5.74, 6) is 3.54. The van der Waals surface area contributed by atoms with E-state index in [4.69, 9.17) is 14.2 Å². The molecule has 6 nitrogen and oxygen atoms in total. The average Bonchev–Trinajstić information content (AvgIpc) is 2.94. The molecule has 0 bridgehead atoms. The van der Waals surface area contributed by atoms with E-state index in [0.717, 1.165) is 22.9 Å². The molecule has 1 aliphatic rings. The van der Waals surface area contributed by atoms with Gasteiger partial charge in [0.15, 0.2) is 11.5 Å². The third kappa shape index (κ3) is 2.99. The van der Waals surface area contributed by atoms with Gasteiger partial charge < -0.3 is 19.5 Å². The number of hydrogen-bond acceptors (Lipinski definition) is 6. The van der Waals surface area contributed by atoms with Gasteiger partial charge in [-0.2, -0.15) is 4.98 Å². The number of rotatable bonds is 5. The number of nitrogens with zero attached hydrogens (tertiary/aromatic N) is 2. The van der Waals surface area contributed by atoms with Crippen LogP contribution in [0.1, 0.15) is 18.3 Å². The Morgan fingerprint density at radius 3 is 3.05 bits per heavy atom. The van der Waals surface area contributed by atoms with Gasteiger partial charge in [0.1, 0.15) is 11.6 Å². The quantitative estimate of drug-likeness (QED) is 0.911. The van der Waals surface area contributed by atoms with Gasteiger partial charge >= 0.3 is 0 Å². The van der Waals surface area contributed by atoms with E-state index >= 15 is 0 Å². The highest BCUT2D eigenvalue weighted by atomic mass is 16.7.